The molecular formula is C15H22O7. The van der Waals surface area contributed by atoms with Crippen LogP contribution in [0.2, 0.25) is 0 Å². The van der Waals surface area contributed by atoms with Crippen LogP contribution in [0.4, 0.5) is 0 Å². The molecule has 2 unspecified atom stereocenters. The van der Waals surface area contributed by atoms with Crippen molar-refractivity contribution in [3.63, 3.8) is 0 Å². The number of carboxylic acid groups (broad SMARTS) is 1. The van der Waals surface area contributed by atoms with Crippen LogP contribution >= 0.6 is 0 Å². The second kappa shape index (κ2) is 13.6. The van der Waals surface area contributed by atoms with Crippen molar-refractivity contribution >= 4 is 17.9 Å². The number of aliphatic carboxylic acids is 1. The Labute approximate surface area is 129 Å². The van der Waals surface area contributed by atoms with Gasteiger partial charge in [-0.15, -0.1) is 0 Å². The van der Waals surface area contributed by atoms with Crippen LogP contribution in [0.5, 0.6) is 0 Å². The van der Waals surface area contributed by atoms with Crippen molar-refractivity contribution in [2.75, 3.05) is 13.2 Å². The molecule has 0 radical (unpaired) electrons. The summed E-state index contributed by atoms with van der Waals surface area (Å²) >= 11 is 0. The van der Waals surface area contributed by atoms with Crippen molar-refractivity contribution in [1.29, 1.82) is 0 Å². The van der Waals surface area contributed by atoms with Gasteiger partial charge in [-0.2, -0.15) is 0 Å². The fraction of sp³-hybridized carbons (Fsp3) is 0.400. The minimum absolute atomic E-state index is 0.132. The monoisotopic (exact) mass is 314 g/mol. The van der Waals surface area contributed by atoms with E-state index in [4.69, 9.17) is 19.3 Å². The van der Waals surface area contributed by atoms with Crippen molar-refractivity contribution in [3.05, 3.63) is 38.0 Å². The molecule has 1 N–H and O–H groups in total. The molecule has 124 valence electrons. The molecular weight excluding hydrogens is 292 g/mol. The average Bonchev–Trinajstić information content (AvgIpc) is 2.50. The lowest BCUT2D eigenvalue weighted by Crippen LogP contribution is -2.25. The van der Waals surface area contributed by atoms with Crippen LogP contribution in [0.1, 0.15) is 13.8 Å². The van der Waals surface area contributed by atoms with E-state index in [1.54, 1.807) is 13.8 Å². The molecule has 0 fully saturated rings. The molecule has 0 aliphatic rings. The SMILES string of the molecule is C=CC(=O)O.C=CC(=O)OCC(C)OCC(C)OC(=O)C=C. The number of hydrogen-bond donors (Lipinski definition) is 1. The Kier molecular flexibility index (Phi) is 13.5. The Morgan fingerprint density at radius 1 is 0.955 bits per heavy atom. The van der Waals surface area contributed by atoms with Gasteiger partial charge in [-0.1, -0.05) is 19.7 Å². The summed E-state index contributed by atoms with van der Waals surface area (Å²) in [5.74, 6) is -1.97. The van der Waals surface area contributed by atoms with Crippen molar-refractivity contribution in [3.8, 4) is 0 Å². The number of carbonyl (C=O) groups excluding carboxylic acids is 2. The fourth-order valence-electron chi connectivity index (χ4n) is 0.887. The second-order valence-corrected chi connectivity index (χ2v) is 3.97. The van der Waals surface area contributed by atoms with Gasteiger partial charge in [0.2, 0.25) is 0 Å². The maximum Gasteiger partial charge on any atom is 0.330 e. The maximum atomic E-state index is 10.8. The first-order valence-corrected chi connectivity index (χ1v) is 6.35. The topological polar surface area (TPSA) is 99.1 Å². The van der Waals surface area contributed by atoms with E-state index in [0.29, 0.717) is 0 Å². The van der Waals surface area contributed by atoms with Crippen molar-refractivity contribution in [1.82, 2.24) is 0 Å². The molecule has 0 saturated heterocycles. The Morgan fingerprint density at radius 3 is 1.86 bits per heavy atom. The zero-order chi connectivity index (χ0) is 17.5. The second-order valence-electron chi connectivity index (χ2n) is 3.97. The van der Waals surface area contributed by atoms with Crippen molar-refractivity contribution in [2.45, 2.75) is 26.1 Å². The van der Waals surface area contributed by atoms with E-state index in [2.05, 4.69) is 19.7 Å². The van der Waals surface area contributed by atoms with Crippen LogP contribution in [0, 0.1) is 0 Å². The highest BCUT2D eigenvalue weighted by Crippen LogP contribution is 1.99. The van der Waals surface area contributed by atoms with Crippen molar-refractivity contribution < 1.29 is 33.7 Å². The number of carbonyl (C=O) groups is 3. The summed E-state index contributed by atoms with van der Waals surface area (Å²) in [5.41, 5.74) is 0. The molecule has 0 amide bonds. The Morgan fingerprint density at radius 2 is 1.45 bits per heavy atom. The van der Waals surface area contributed by atoms with Crippen LogP contribution in [-0.4, -0.2) is 48.4 Å². The molecule has 7 nitrogen and oxygen atoms in total. The predicted molar refractivity (Wildman–Crippen MR) is 80.2 cm³/mol. The maximum absolute atomic E-state index is 10.8. The smallest absolute Gasteiger partial charge is 0.330 e. The molecule has 2 atom stereocenters. The van der Waals surface area contributed by atoms with Gasteiger partial charge in [0.15, 0.2) is 0 Å². The van der Waals surface area contributed by atoms with Crippen LogP contribution in [0.3, 0.4) is 0 Å². The van der Waals surface area contributed by atoms with Gasteiger partial charge in [-0.3, -0.25) is 0 Å². The summed E-state index contributed by atoms with van der Waals surface area (Å²) in [6.07, 6.45) is 2.36. The first-order valence-electron chi connectivity index (χ1n) is 6.35. The molecule has 0 saturated carbocycles. The normalized spacial score (nSPS) is 11.7. The largest absolute Gasteiger partial charge is 0.478 e. The van der Waals surface area contributed by atoms with Gasteiger partial charge in [0.1, 0.15) is 12.7 Å². The average molecular weight is 314 g/mol. The van der Waals surface area contributed by atoms with Gasteiger partial charge in [0.05, 0.1) is 12.7 Å². The van der Waals surface area contributed by atoms with Gasteiger partial charge in [-0.25, -0.2) is 14.4 Å². The molecule has 7 heteroatoms. The lowest BCUT2D eigenvalue weighted by molar-refractivity contribution is -0.148. The third-order valence-electron chi connectivity index (χ3n) is 1.90. The van der Waals surface area contributed by atoms with Crippen LogP contribution in [-0.2, 0) is 28.6 Å². The highest BCUT2D eigenvalue weighted by molar-refractivity contribution is 5.81. The Balaban J connectivity index is 0. The van der Waals surface area contributed by atoms with E-state index >= 15 is 0 Å². The lowest BCUT2D eigenvalue weighted by atomic mass is 10.4. The molecule has 0 spiro atoms. The summed E-state index contributed by atoms with van der Waals surface area (Å²) in [7, 11) is 0. The van der Waals surface area contributed by atoms with Crippen LogP contribution in [0.15, 0.2) is 38.0 Å². The zero-order valence-corrected chi connectivity index (χ0v) is 12.8. The molecule has 0 aromatic heterocycles. The Hall–Kier alpha value is -2.41. The number of carboxylic acids is 1. The zero-order valence-electron chi connectivity index (χ0n) is 12.8. The minimum atomic E-state index is -0.981. The first-order chi connectivity index (χ1) is 10.3. The lowest BCUT2D eigenvalue weighted by Gasteiger charge is -2.16. The molecule has 0 heterocycles. The van der Waals surface area contributed by atoms with Gasteiger partial charge in [-0.05, 0) is 13.8 Å². The van der Waals surface area contributed by atoms with E-state index in [1.165, 1.54) is 0 Å². The predicted octanol–water partition coefficient (Wildman–Crippen LogP) is 1.50. The molecule has 0 bridgehead atoms. The quantitative estimate of drug-likeness (QED) is 0.508. The number of ether oxygens (including phenoxy) is 3. The van der Waals surface area contributed by atoms with Gasteiger partial charge < -0.3 is 19.3 Å². The van der Waals surface area contributed by atoms with E-state index in [1.807, 2.05) is 0 Å². The standard InChI is InChI=1S/C12H18O5.C3H4O2/c1-5-11(13)16-7-9(3)15-8-10(4)17-12(14)6-2;1-2-3(4)5/h5-6,9-10H,1-2,7-8H2,3-4H3;2H,1H2,(H,4,5). The van der Waals surface area contributed by atoms with E-state index in [0.717, 1.165) is 18.2 Å². The summed E-state index contributed by atoms with van der Waals surface area (Å²) in [5, 5.41) is 7.60. The first kappa shape index (κ1) is 21.9. The molecule has 0 aromatic rings. The number of hydrogen-bond acceptors (Lipinski definition) is 6. The third-order valence-corrected chi connectivity index (χ3v) is 1.90. The third kappa shape index (κ3) is 15.6. The summed E-state index contributed by atoms with van der Waals surface area (Å²) in [4.78, 5) is 30.9. The molecule has 0 aliphatic heterocycles. The highest BCUT2D eigenvalue weighted by atomic mass is 16.6. The van der Waals surface area contributed by atoms with Crippen molar-refractivity contribution in [2.24, 2.45) is 0 Å². The van der Waals surface area contributed by atoms with E-state index in [9.17, 15) is 14.4 Å². The number of rotatable bonds is 9. The summed E-state index contributed by atoms with van der Waals surface area (Å²) in [6.45, 7) is 13.3. The molecule has 0 aliphatic carbocycles. The van der Waals surface area contributed by atoms with Crippen LogP contribution in [0.25, 0.3) is 0 Å². The minimum Gasteiger partial charge on any atom is -0.478 e. The van der Waals surface area contributed by atoms with E-state index < -0.39 is 17.9 Å². The molecule has 22 heavy (non-hydrogen) atoms. The van der Waals surface area contributed by atoms with Gasteiger partial charge >= 0.3 is 17.9 Å². The van der Waals surface area contributed by atoms with Gasteiger partial charge in [0.25, 0.3) is 0 Å². The highest BCUT2D eigenvalue weighted by Gasteiger charge is 2.10. The molecule has 0 rings (SSSR count). The number of esters is 2. The summed E-state index contributed by atoms with van der Waals surface area (Å²) < 4.78 is 15.0. The summed E-state index contributed by atoms with van der Waals surface area (Å²) in [6, 6.07) is 0. The van der Waals surface area contributed by atoms with E-state index in [-0.39, 0.29) is 25.4 Å². The Bertz CT molecular complexity index is 401. The van der Waals surface area contributed by atoms with Crippen LogP contribution < -0.4 is 0 Å². The van der Waals surface area contributed by atoms with Gasteiger partial charge in [0, 0.05) is 18.2 Å². The molecule has 0 aromatic carbocycles. The fourth-order valence-corrected chi connectivity index (χ4v) is 0.887.